The van der Waals surface area contributed by atoms with Gasteiger partial charge in [0.15, 0.2) is 0 Å². The number of nitrogen functional groups attached to an aromatic ring is 1. The molecule has 0 aliphatic heterocycles. The maximum Gasteiger partial charge on any atom is 0.338 e. The van der Waals surface area contributed by atoms with Gasteiger partial charge in [-0.1, -0.05) is 0 Å². The Morgan fingerprint density at radius 3 is 2.58 bits per heavy atom. The van der Waals surface area contributed by atoms with Gasteiger partial charge >= 0.3 is 5.97 Å². The van der Waals surface area contributed by atoms with Crippen LogP contribution < -0.4 is 5.73 Å². The first kappa shape index (κ1) is 8.52. The summed E-state index contributed by atoms with van der Waals surface area (Å²) in [6, 6.07) is 0. The van der Waals surface area contributed by atoms with Gasteiger partial charge in [-0.3, -0.25) is 4.98 Å². The Morgan fingerprint density at radius 1 is 1.58 bits per heavy atom. The van der Waals surface area contributed by atoms with Crippen molar-refractivity contribution in [2.45, 2.75) is 13.8 Å². The number of hydrogen-bond acceptors (Lipinski definition) is 3. The average Bonchev–Trinajstić information content (AvgIpc) is 1.97. The first-order valence-corrected chi connectivity index (χ1v) is 3.49. The molecule has 0 aliphatic rings. The third-order valence-electron chi connectivity index (χ3n) is 1.72. The SMILES string of the molecule is Cc1cnc(C)c(N)c1C(=O)O. The second-order valence-electron chi connectivity index (χ2n) is 2.62. The van der Waals surface area contributed by atoms with E-state index in [0.29, 0.717) is 11.3 Å². The molecular weight excluding hydrogens is 156 g/mol. The Bertz CT molecular complexity index is 334. The number of carbonyl (C=O) groups is 1. The number of nitrogens with two attached hydrogens (primary N) is 1. The third-order valence-corrected chi connectivity index (χ3v) is 1.72. The zero-order chi connectivity index (χ0) is 9.30. The maximum atomic E-state index is 10.7. The monoisotopic (exact) mass is 166 g/mol. The molecule has 1 rings (SSSR count). The van der Waals surface area contributed by atoms with Gasteiger partial charge in [-0.2, -0.15) is 0 Å². The largest absolute Gasteiger partial charge is 0.478 e. The van der Waals surface area contributed by atoms with Crippen LogP contribution in [0.3, 0.4) is 0 Å². The second kappa shape index (κ2) is 2.81. The molecule has 1 aromatic rings. The van der Waals surface area contributed by atoms with Crippen molar-refractivity contribution >= 4 is 11.7 Å². The van der Waals surface area contributed by atoms with E-state index < -0.39 is 5.97 Å². The molecule has 12 heavy (non-hydrogen) atoms. The van der Waals surface area contributed by atoms with Gasteiger partial charge in [-0.15, -0.1) is 0 Å². The first-order valence-electron chi connectivity index (χ1n) is 3.49. The van der Waals surface area contributed by atoms with Gasteiger partial charge in [-0.05, 0) is 19.4 Å². The molecule has 0 atom stereocenters. The van der Waals surface area contributed by atoms with Crippen LogP contribution in [-0.2, 0) is 0 Å². The van der Waals surface area contributed by atoms with Crippen molar-refractivity contribution in [2.24, 2.45) is 0 Å². The summed E-state index contributed by atoms with van der Waals surface area (Å²) in [5, 5.41) is 8.76. The summed E-state index contributed by atoms with van der Waals surface area (Å²) in [6.07, 6.45) is 1.51. The van der Waals surface area contributed by atoms with Gasteiger partial charge in [0.05, 0.1) is 16.9 Å². The van der Waals surface area contributed by atoms with E-state index in [0.717, 1.165) is 0 Å². The Labute approximate surface area is 70.0 Å². The fourth-order valence-corrected chi connectivity index (χ4v) is 1.00. The smallest absolute Gasteiger partial charge is 0.338 e. The minimum absolute atomic E-state index is 0.155. The van der Waals surface area contributed by atoms with Crippen LogP contribution in [0.2, 0.25) is 0 Å². The number of hydrogen-bond donors (Lipinski definition) is 2. The summed E-state index contributed by atoms with van der Waals surface area (Å²) < 4.78 is 0. The lowest BCUT2D eigenvalue weighted by atomic mass is 10.1. The third kappa shape index (κ3) is 1.23. The summed E-state index contributed by atoms with van der Waals surface area (Å²) in [7, 11) is 0. The van der Waals surface area contributed by atoms with Crippen LogP contribution in [0.1, 0.15) is 21.6 Å². The lowest BCUT2D eigenvalue weighted by Crippen LogP contribution is -2.07. The highest BCUT2D eigenvalue weighted by atomic mass is 16.4. The molecule has 0 radical (unpaired) electrons. The lowest BCUT2D eigenvalue weighted by molar-refractivity contribution is 0.0697. The summed E-state index contributed by atoms with van der Waals surface area (Å²) in [6.45, 7) is 3.35. The van der Waals surface area contributed by atoms with Crippen molar-refractivity contribution in [2.75, 3.05) is 5.73 Å². The molecule has 0 unspecified atom stereocenters. The van der Waals surface area contributed by atoms with Crippen LogP contribution in [0, 0.1) is 13.8 Å². The molecule has 64 valence electrons. The van der Waals surface area contributed by atoms with Crippen LogP contribution >= 0.6 is 0 Å². The number of aromatic nitrogens is 1. The summed E-state index contributed by atoms with van der Waals surface area (Å²) >= 11 is 0. The van der Waals surface area contributed by atoms with Crippen LogP contribution in [0.25, 0.3) is 0 Å². The molecule has 1 aromatic heterocycles. The molecule has 0 fully saturated rings. The van der Waals surface area contributed by atoms with E-state index in [1.165, 1.54) is 6.20 Å². The molecule has 0 saturated carbocycles. The fourth-order valence-electron chi connectivity index (χ4n) is 1.00. The number of carboxylic acid groups (broad SMARTS) is 1. The number of nitrogens with zero attached hydrogens (tertiary/aromatic N) is 1. The van der Waals surface area contributed by atoms with Crippen molar-refractivity contribution in [1.82, 2.24) is 4.98 Å². The van der Waals surface area contributed by atoms with E-state index in [1.54, 1.807) is 13.8 Å². The number of pyridine rings is 1. The van der Waals surface area contributed by atoms with Gasteiger partial charge in [0.2, 0.25) is 0 Å². The zero-order valence-electron chi connectivity index (χ0n) is 6.96. The predicted molar refractivity (Wildman–Crippen MR) is 45.1 cm³/mol. The number of rotatable bonds is 1. The molecular formula is C8H10N2O2. The van der Waals surface area contributed by atoms with Crippen LogP contribution in [0.5, 0.6) is 0 Å². The van der Waals surface area contributed by atoms with Crippen molar-refractivity contribution in [3.05, 3.63) is 23.0 Å². The van der Waals surface area contributed by atoms with Gasteiger partial charge in [-0.25, -0.2) is 4.79 Å². The van der Waals surface area contributed by atoms with Gasteiger partial charge in [0.25, 0.3) is 0 Å². The molecule has 0 amide bonds. The summed E-state index contributed by atoms with van der Waals surface area (Å²) in [4.78, 5) is 14.6. The highest BCUT2D eigenvalue weighted by Gasteiger charge is 2.13. The molecule has 4 nitrogen and oxygen atoms in total. The van der Waals surface area contributed by atoms with Crippen molar-refractivity contribution in [3.8, 4) is 0 Å². The van der Waals surface area contributed by atoms with Gasteiger partial charge < -0.3 is 10.8 Å². The Balaban J connectivity index is 3.43. The quantitative estimate of drug-likeness (QED) is 0.652. The van der Waals surface area contributed by atoms with Gasteiger partial charge in [0, 0.05) is 6.20 Å². The Morgan fingerprint density at radius 2 is 2.17 bits per heavy atom. The standard InChI is InChI=1S/C8H10N2O2/c1-4-3-10-5(2)7(9)6(4)8(11)12/h3H,9H2,1-2H3,(H,11,12). The highest BCUT2D eigenvalue weighted by Crippen LogP contribution is 2.17. The van der Waals surface area contributed by atoms with Crippen LogP contribution in [0.4, 0.5) is 5.69 Å². The second-order valence-corrected chi connectivity index (χ2v) is 2.62. The topological polar surface area (TPSA) is 76.2 Å². The Hall–Kier alpha value is -1.58. The number of anilines is 1. The van der Waals surface area contributed by atoms with Crippen molar-refractivity contribution in [3.63, 3.8) is 0 Å². The minimum Gasteiger partial charge on any atom is -0.478 e. The van der Waals surface area contributed by atoms with E-state index >= 15 is 0 Å². The summed E-state index contributed by atoms with van der Waals surface area (Å²) in [5.74, 6) is -1.00. The van der Waals surface area contributed by atoms with E-state index in [1.807, 2.05) is 0 Å². The molecule has 4 heteroatoms. The zero-order valence-corrected chi connectivity index (χ0v) is 6.96. The van der Waals surface area contributed by atoms with E-state index in [-0.39, 0.29) is 11.3 Å². The molecule has 0 aliphatic carbocycles. The number of aryl methyl sites for hydroxylation is 2. The Kier molecular flexibility index (Phi) is 1.99. The average molecular weight is 166 g/mol. The molecule has 0 spiro atoms. The molecule has 0 bridgehead atoms. The molecule has 0 aromatic carbocycles. The fraction of sp³-hybridized carbons (Fsp3) is 0.250. The van der Waals surface area contributed by atoms with E-state index in [2.05, 4.69) is 4.98 Å². The van der Waals surface area contributed by atoms with Gasteiger partial charge in [0.1, 0.15) is 0 Å². The van der Waals surface area contributed by atoms with Crippen LogP contribution in [-0.4, -0.2) is 16.1 Å². The van der Waals surface area contributed by atoms with Crippen molar-refractivity contribution in [1.29, 1.82) is 0 Å². The summed E-state index contributed by atoms with van der Waals surface area (Å²) in [5.41, 5.74) is 7.09. The maximum absolute atomic E-state index is 10.7. The molecule has 3 N–H and O–H groups in total. The van der Waals surface area contributed by atoms with E-state index in [4.69, 9.17) is 10.8 Å². The van der Waals surface area contributed by atoms with Crippen molar-refractivity contribution < 1.29 is 9.90 Å². The number of aromatic carboxylic acids is 1. The molecule has 0 saturated heterocycles. The lowest BCUT2D eigenvalue weighted by Gasteiger charge is -2.05. The van der Waals surface area contributed by atoms with Crippen LogP contribution in [0.15, 0.2) is 6.20 Å². The number of carboxylic acids is 1. The predicted octanol–water partition coefficient (Wildman–Crippen LogP) is 0.979. The minimum atomic E-state index is -1.00. The first-order chi connectivity index (χ1) is 5.54. The highest BCUT2D eigenvalue weighted by molar-refractivity contribution is 5.95. The normalized spacial score (nSPS) is 9.83. The van der Waals surface area contributed by atoms with E-state index in [9.17, 15) is 4.79 Å². The molecule has 1 heterocycles.